The maximum Gasteiger partial charge on any atom is 0.160 e. The van der Waals surface area contributed by atoms with Gasteiger partial charge < -0.3 is 0 Å². The van der Waals surface area contributed by atoms with Crippen molar-refractivity contribution in [2.24, 2.45) is 0 Å². The summed E-state index contributed by atoms with van der Waals surface area (Å²) in [4.78, 5) is 11.0. The molecule has 0 atom stereocenters. The largest absolute Gasteiger partial charge is 0.294 e. The molecule has 1 heteroatoms. The zero-order chi connectivity index (χ0) is 8.43. The molecule has 0 aliphatic heterocycles. The van der Waals surface area contributed by atoms with Gasteiger partial charge in [-0.3, -0.25) is 4.79 Å². The van der Waals surface area contributed by atoms with E-state index in [1.54, 1.807) is 6.07 Å². The SMILES string of the molecule is C=c1cccc(C(C)=O)c1=C. The van der Waals surface area contributed by atoms with Gasteiger partial charge in [0.25, 0.3) is 0 Å². The highest BCUT2D eigenvalue weighted by Gasteiger charge is 1.97. The summed E-state index contributed by atoms with van der Waals surface area (Å²) < 4.78 is 0. The lowest BCUT2D eigenvalue weighted by Crippen LogP contribution is -2.27. The summed E-state index contributed by atoms with van der Waals surface area (Å²) in [7, 11) is 0. The van der Waals surface area contributed by atoms with Gasteiger partial charge in [-0.15, -0.1) is 0 Å². The van der Waals surface area contributed by atoms with E-state index in [1.165, 1.54) is 6.92 Å². The van der Waals surface area contributed by atoms with Crippen LogP contribution < -0.4 is 10.4 Å². The van der Waals surface area contributed by atoms with Crippen molar-refractivity contribution in [3.8, 4) is 0 Å². The van der Waals surface area contributed by atoms with Gasteiger partial charge in [-0.05, 0) is 17.4 Å². The quantitative estimate of drug-likeness (QED) is 0.533. The van der Waals surface area contributed by atoms with E-state index < -0.39 is 0 Å². The Morgan fingerprint density at radius 1 is 1.36 bits per heavy atom. The maximum atomic E-state index is 11.0. The fourth-order valence-electron chi connectivity index (χ4n) is 0.964. The smallest absolute Gasteiger partial charge is 0.160 e. The van der Waals surface area contributed by atoms with Crippen LogP contribution in [0.15, 0.2) is 18.2 Å². The molecular weight excluding hydrogens is 136 g/mol. The molecule has 0 aliphatic carbocycles. The van der Waals surface area contributed by atoms with Crippen LogP contribution in [-0.4, -0.2) is 5.78 Å². The zero-order valence-electron chi connectivity index (χ0n) is 6.55. The van der Waals surface area contributed by atoms with Crippen LogP contribution in [0.5, 0.6) is 0 Å². The van der Waals surface area contributed by atoms with Crippen LogP contribution in [0.3, 0.4) is 0 Å². The van der Waals surface area contributed by atoms with Crippen molar-refractivity contribution < 1.29 is 4.79 Å². The van der Waals surface area contributed by atoms with E-state index in [1.807, 2.05) is 12.1 Å². The highest BCUT2D eigenvalue weighted by molar-refractivity contribution is 5.94. The highest BCUT2D eigenvalue weighted by atomic mass is 16.1. The molecule has 0 fully saturated rings. The fraction of sp³-hybridized carbons (Fsp3) is 0.100. The molecule has 0 amide bonds. The number of hydrogen-bond donors (Lipinski definition) is 0. The molecule has 0 aliphatic rings. The molecular formula is C10H10O. The van der Waals surface area contributed by atoms with E-state index in [9.17, 15) is 4.79 Å². The molecule has 1 nitrogen and oxygen atoms in total. The first kappa shape index (κ1) is 7.73. The van der Waals surface area contributed by atoms with Crippen LogP contribution >= 0.6 is 0 Å². The molecule has 0 saturated carbocycles. The number of ketones is 1. The lowest BCUT2D eigenvalue weighted by molar-refractivity contribution is 0.101. The standard InChI is InChI=1S/C10H10O/c1-7-5-4-6-10(8(7)2)9(3)11/h4-6H,1-2H2,3H3. The first-order valence-electron chi connectivity index (χ1n) is 3.41. The third kappa shape index (κ3) is 1.37. The Balaban J connectivity index is 3.53. The van der Waals surface area contributed by atoms with E-state index in [-0.39, 0.29) is 5.78 Å². The normalized spacial score (nSPS) is 9.55. The summed E-state index contributed by atoms with van der Waals surface area (Å²) in [5.41, 5.74) is 0.664. The van der Waals surface area contributed by atoms with Gasteiger partial charge in [0.2, 0.25) is 0 Å². The summed E-state index contributed by atoms with van der Waals surface area (Å²) in [5.74, 6) is 0.0421. The first-order chi connectivity index (χ1) is 5.13. The average molecular weight is 146 g/mol. The van der Waals surface area contributed by atoms with Crippen LogP contribution in [0.2, 0.25) is 0 Å². The molecule has 0 spiro atoms. The Kier molecular flexibility index (Phi) is 1.90. The van der Waals surface area contributed by atoms with Gasteiger partial charge >= 0.3 is 0 Å². The van der Waals surface area contributed by atoms with Gasteiger partial charge in [0, 0.05) is 5.56 Å². The molecule has 1 rings (SSSR count). The number of carbonyl (C=O) groups excluding carboxylic acids is 1. The summed E-state index contributed by atoms with van der Waals surface area (Å²) in [6.45, 7) is 9.04. The average Bonchev–Trinajstić information content (AvgIpc) is 1.94. The Bertz CT molecular complexity index is 376. The molecule has 0 radical (unpaired) electrons. The third-order valence-electron chi connectivity index (χ3n) is 1.65. The predicted molar refractivity (Wildman–Crippen MR) is 46.7 cm³/mol. The molecule has 11 heavy (non-hydrogen) atoms. The van der Waals surface area contributed by atoms with Crippen molar-refractivity contribution in [2.45, 2.75) is 6.92 Å². The molecule has 0 heterocycles. The second-order valence-electron chi connectivity index (χ2n) is 2.50. The lowest BCUT2D eigenvalue weighted by Gasteiger charge is -1.94. The van der Waals surface area contributed by atoms with Gasteiger partial charge in [0.05, 0.1) is 0 Å². The van der Waals surface area contributed by atoms with Gasteiger partial charge in [-0.2, -0.15) is 0 Å². The van der Waals surface area contributed by atoms with Crippen LogP contribution in [0.1, 0.15) is 17.3 Å². The minimum atomic E-state index is 0.0421. The fourth-order valence-corrected chi connectivity index (χ4v) is 0.964. The Hall–Kier alpha value is -1.37. The molecule has 0 saturated heterocycles. The minimum Gasteiger partial charge on any atom is -0.294 e. The predicted octanol–water partition coefficient (Wildman–Crippen LogP) is 0.710. The second-order valence-corrected chi connectivity index (χ2v) is 2.50. The van der Waals surface area contributed by atoms with E-state index >= 15 is 0 Å². The molecule has 56 valence electrons. The van der Waals surface area contributed by atoms with Crippen molar-refractivity contribution in [2.75, 3.05) is 0 Å². The molecule has 0 aromatic heterocycles. The van der Waals surface area contributed by atoms with E-state index in [4.69, 9.17) is 0 Å². The van der Waals surface area contributed by atoms with E-state index in [2.05, 4.69) is 13.2 Å². The number of Topliss-reactive ketones (excluding diaryl/α,β-unsaturated/α-hetero) is 1. The summed E-state index contributed by atoms with van der Waals surface area (Å²) in [5, 5.41) is 1.55. The van der Waals surface area contributed by atoms with Gasteiger partial charge in [0.1, 0.15) is 0 Å². The third-order valence-corrected chi connectivity index (χ3v) is 1.65. The van der Waals surface area contributed by atoms with E-state index in [0.717, 1.165) is 10.4 Å². The van der Waals surface area contributed by atoms with Crippen molar-refractivity contribution >= 4 is 18.9 Å². The highest BCUT2D eigenvalue weighted by Crippen LogP contribution is 1.88. The number of rotatable bonds is 1. The van der Waals surface area contributed by atoms with Crippen molar-refractivity contribution in [3.63, 3.8) is 0 Å². The summed E-state index contributed by atoms with van der Waals surface area (Å²) >= 11 is 0. The lowest BCUT2D eigenvalue weighted by atomic mass is 10.1. The van der Waals surface area contributed by atoms with Gasteiger partial charge in [0.15, 0.2) is 5.78 Å². The number of carbonyl (C=O) groups is 1. The second kappa shape index (κ2) is 2.70. The van der Waals surface area contributed by atoms with Crippen molar-refractivity contribution in [1.82, 2.24) is 0 Å². The number of benzene rings is 1. The molecule has 0 bridgehead atoms. The van der Waals surface area contributed by atoms with E-state index in [0.29, 0.717) is 5.56 Å². The Morgan fingerprint density at radius 2 is 2.00 bits per heavy atom. The van der Waals surface area contributed by atoms with Crippen LogP contribution in [0.25, 0.3) is 13.2 Å². The monoisotopic (exact) mass is 146 g/mol. The van der Waals surface area contributed by atoms with Crippen LogP contribution in [0, 0.1) is 0 Å². The van der Waals surface area contributed by atoms with Crippen molar-refractivity contribution in [1.29, 1.82) is 0 Å². The molecule has 0 N–H and O–H groups in total. The Labute approximate surface area is 65.7 Å². The molecule has 1 aromatic carbocycles. The van der Waals surface area contributed by atoms with Crippen LogP contribution in [0.4, 0.5) is 0 Å². The zero-order valence-corrected chi connectivity index (χ0v) is 6.55. The first-order valence-corrected chi connectivity index (χ1v) is 3.41. The minimum absolute atomic E-state index is 0.0421. The summed E-state index contributed by atoms with van der Waals surface area (Å²) in [6, 6.07) is 5.42. The topological polar surface area (TPSA) is 17.1 Å². The van der Waals surface area contributed by atoms with Crippen molar-refractivity contribution in [3.05, 3.63) is 34.2 Å². The summed E-state index contributed by atoms with van der Waals surface area (Å²) in [6.07, 6.45) is 0. The molecule has 0 unspecified atom stereocenters. The van der Waals surface area contributed by atoms with Gasteiger partial charge in [-0.25, -0.2) is 0 Å². The van der Waals surface area contributed by atoms with Gasteiger partial charge in [-0.1, -0.05) is 31.4 Å². The maximum absolute atomic E-state index is 11.0. The number of hydrogen-bond acceptors (Lipinski definition) is 1. The Morgan fingerprint density at radius 3 is 2.45 bits per heavy atom. The molecule has 1 aromatic rings. The van der Waals surface area contributed by atoms with Crippen LogP contribution in [-0.2, 0) is 0 Å².